The number of rotatable bonds is 6. The smallest absolute Gasteiger partial charge is 0.303 e. The summed E-state index contributed by atoms with van der Waals surface area (Å²) in [6.07, 6.45) is 5.86. The Morgan fingerprint density at radius 1 is 1.47 bits per heavy atom. The predicted octanol–water partition coefficient (Wildman–Crippen LogP) is 3.16. The molecular weight excluding hydrogens is 244 g/mol. The Morgan fingerprint density at radius 3 is 2.74 bits per heavy atom. The van der Waals surface area contributed by atoms with Crippen LogP contribution in [0.3, 0.4) is 0 Å². The number of carboxylic acid groups (broad SMARTS) is 1. The third-order valence-corrected chi connectivity index (χ3v) is 4.25. The van der Waals surface area contributed by atoms with Gasteiger partial charge in [-0.2, -0.15) is 4.98 Å². The lowest BCUT2D eigenvalue weighted by atomic mass is 9.79. The van der Waals surface area contributed by atoms with Crippen LogP contribution in [0.25, 0.3) is 0 Å². The van der Waals surface area contributed by atoms with Crippen molar-refractivity contribution in [3.63, 3.8) is 0 Å². The van der Waals surface area contributed by atoms with Crippen molar-refractivity contribution >= 4 is 5.97 Å². The maximum absolute atomic E-state index is 11.0. The zero-order valence-corrected chi connectivity index (χ0v) is 11.7. The first-order valence-corrected chi connectivity index (χ1v) is 7.09. The van der Waals surface area contributed by atoms with E-state index in [0.717, 1.165) is 37.9 Å². The van der Waals surface area contributed by atoms with E-state index in [-0.39, 0.29) is 17.8 Å². The number of aliphatic carboxylic acids is 1. The molecule has 1 aliphatic carbocycles. The van der Waals surface area contributed by atoms with Crippen LogP contribution < -0.4 is 0 Å². The first kappa shape index (κ1) is 14.0. The molecule has 1 N–H and O–H groups in total. The molecular formula is C14H22N2O3. The van der Waals surface area contributed by atoms with Gasteiger partial charge in [0.2, 0.25) is 5.89 Å². The highest BCUT2D eigenvalue weighted by Crippen LogP contribution is 2.43. The molecule has 19 heavy (non-hydrogen) atoms. The Hall–Kier alpha value is -1.39. The maximum atomic E-state index is 11.0. The molecule has 2 rings (SSSR count). The summed E-state index contributed by atoms with van der Waals surface area (Å²) >= 11 is 0. The van der Waals surface area contributed by atoms with Gasteiger partial charge in [-0.1, -0.05) is 31.8 Å². The van der Waals surface area contributed by atoms with E-state index in [1.165, 1.54) is 0 Å². The number of aromatic nitrogens is 2. The molecule has 0 spiro atoms. The molecule has 106 valence electrons. The molecule has 0 radical (unpaired) electrons. The second-order valence-corrected chi connectivity index (χ2v) is 5.81. The first-order valence-electron chi connectivity index (χ1n) is 7.09. The third kappa shape index (κ3) is 3.33. The highest BCUT2D eigenvalue weighted by atomic mass is 16.5. The Labute approximate surface area is 113 Å². The van der Waals surface area contributed by atoms with Crippen LogP contribution in [0.15, 0.2) is 4.52 Å². The summed E-state index contributed by atoms with van der Waals surface area (Å²) < 4.78 is 5.30. The first-order chi connectivity index (χ1) is 9.04. The van der Waals surface area contributed by atoms with E-state index in [1.54, 1.807) is 0 Å². The standard InChI is InChI=1S/C14H22N2O3/c1-3-10(2)13-15-11(19-16-13)8-14(9-12(17)18)6-4-5-7-14/h10H,3-9H2,1-2H3,(H,17,18). The summed E-state index contributed by atoms with van der Waals surface area (Å²) in [7, 11) is 0. The maximum Gasteiger partial charge on any atom is 0.303 e. The van der Waals surface area contributed by atoms with Gasteiger partial charge in [0.05, 0.1) is 6.42 Å². The van der Waals surface area contributed by atoms with Gasteiger partial charge in [0, 0.05) is 12.3 Å². The fraction of sp³-hybridized carbons (Fsp3) is 0.786. The van der Waals surface area contributed by atoms with Crippen molar-refractivity contribution in [2.45, 2.75) is 64.7 Å². The molecule has 1 atom stereocenters. The number of nitrogens with zero attached hydrogens (tertiary/aromatic N) is 2. The number of carboxylic acids is 1. The molecule has 5 nitrogen and oxygen atoms in total. The van der Waals surface area contributed by atoms with Crippen molar-refractivity contribution < 1.29 is 14.4 Å². The van der Waals surface area contributed by atoms with Gasteiger partial charge < -0.3 is 9.63 Å². The lowest BCUT2D eigenvalue weighted by Gasteiger charge is -2.24. The fourth-order valence-electron chi connectivity index (χ4n) is 2.91. The second-order valence-electron chi connectivity index (χ2n) is 5.81. The van der Waals surface area contributed by atoms with E-state index in [4.69, 9.17) is 9.63 Å². The number of carbonyl (C=O) groups is 1. The minimum atomic E-state index is -0.733. The van der Waals surface area contributed by atoms with Gasteiger partial charge in [0.25, 0.3) is 0 Å². The molecule has 1 aliphatic rings. The summed E-state index contributed by atoms with van der Waals surface area (Å²) in [5, 5.41) is 13.1. The normalized spacial score (nSPS) is 19.5. The molecule has 0 bridgehead atoms. The Kier molecular flexibility index (Phi) is 4.22. The van der Waals surface area contributed by atoms with Crippen LogP contribution in [0.2, 0.25) is 0 Å². The van der Waals surface area contributed by atoms with Crippen molar-refractivity contribution in [3.8, 4) is 0 Å². The molecule has 0 amide bonds. The van der Waals surface area contributed by atoms with Gasteiger partial charge in [-0.25, -0.2) is 0 Å². The minimum absolute atomic E-state index is 0.176. The molecule has 0 aliphatic heterocycles. The SMILES string of the molecule is CCC(C)c1noc(CC2(CC(=O)O)CCCC2)n1. The van der Waals surface area contributed by atoms with Crippen molar-refractivity contribution in [1.82, 2.24) is 10.1 Å². The van der Waals surface area contributed by atoms with E-state index >= 15 is 0 Å². The monoisotopic (exact) mass is 266 g/mol. The van der Waals surface area contributed by atoms with E-state index in [1.807, 2.05) is 0 Å². The summed E-state index contributed by atoms with van der Waals surface area (Å²) in [6, 6.07) is 0. The van der Waals surface area contributed by atoms with Crippen LogP contribution in [0.5, 0.6) is 0 Å². The molecule has 1 saturated carbocycles. The Balaban J connectivity index is 2.09. The lowest BCUT2D eigenvalue weighted by Crippen LogP contribution is -2.24. The number of hydrogen-bond acceptors (Lipinski definition) is 4. The van der Waals surface area contributed by atoms with Gasteiger partial charge in [-0.15, -0.1) is 0 Å². The minimum Gasteiger partial charge on any atom is -0.481 e. The molecule has 0 aromatic carbocycles. The van der Waals surface area contributed by atoms with E-state index < -0.39 is 5.97 Å². The van der Waals surface area contributed by atoms with Gasteiger partial charge >= 0.3 is 5.97 Å². The molecule has 0 saturated heterocycles. The van der Waals surface area contributed by atoms with E-state index in [2.05, 4.69) is 24.0 Å². The summed E-state index contributed by atoms with van der Waals surface area (Å²) in [5.74, 6) is 0.888. The van der Waals surface area contributed by atoms with Gasteiger partial charge in [0.1, 0.15) is 0 Å². The van der Waals surface area contributed by atoms with Gasteiger partial charge in [0.15, 0.2) is 5.82 Å². The van der Waals surface area contributed by atoms with Crippen molar-refractivity contribution in [3.05, 3.63) is 11.7 Å². The molecule has 1 unspecified atom stereocenters. The average molecular weight is 266 g/mol. The van der Waals surface area contributed by atoms with Crippen molar-refractivity contribution in [2.75, 3.05) is 0 Å². The molecule has 1 heterocycles. The largest absolute Gasteiger partial charge is 0.481 e. The lowest BCUT2D eigenvalue weighted by molar-refractivity contribution is -0.139. The zero-order valence-electron chi connectivity index (χ0n) is 11.7. The van der Waals surface area contributed by atoms with Crippen LogP contribution >= 0.6 is 0 Å². The van der Waals surface area contributed by atoms with Crippen LogP contribution in [-0.4, -0.2) is 21.2 Å². The molecule has 1 fully saturated rings. The molecule has 5 heteroatoms. The van der Waals surface area contributed by atoms with E-state index in [9.17, 15) is 4.79 Å². The van der Waals surface area contributed by atoms with Crippen LogP contribution in [0, 0.1) is 5.41 Å². The Morgan fingerprint density at radius 2 is 2.16 bits per heavy atom. The summed E-state index contributed by atoms with van der Waals surface area (Å²) in [4.78, 5) is 15.5. The predicted molar refractivity (Wildman–Crippen MR) is 69.9 cm³/mol. The number of hydrogen-bond donors (Lipinski definition) is 1. The Bertz CT molecular complexity index is 436. The summed E-state index contributed by atoms with van der Waals surface area (Å²) in [5.41, 5.74) is -0.176. The van der Waals surface area contributed by atoms with Gasteiger partial charge in [-0.05, 0) is 24.7 Å². The quantitative estimate of drug-likeness (QED) is 0.855. The van der Waals surface area contributed by atoms with Crippen molar-refractivity contribution in [1.29, 1.82) is 0 Å². The average Bonchev–Trinajstić information content (AvgIpc) is 2.98. The zero-order chi connectivity index (χ0) is 13.9. The second kappa shape index (κ2) is 5.72. The van der Waals surface area contributed by atoms with E-state index in [0.29, 0.717) is 12.3 Å². The highest BCUT2D eigenvalue weighted by Gasteiger charge is 2.38. The van der Waals surface area contributed by atoms with Crippen molar-refractivity contribution in [2.24, 2.45) is 5.41 Å². The van der Waals surface area contributed by atoms with Crippen LogP contribution in [-0.2, 0) is 11.2 Å². The topological polar surface area (TPSA) is 76.2 Å². The molecule has 1 aromatic heterocycles. The van der Waals surface area contributed by atoms with Crippen LogP contribution in [0.1, 0.15) is 70.0 Å². The van der Waals surface area contributed by atoms with Crippen LogP contribution in [0.4, 0.5) is 0 Å². The fourth-order valence-corrected chi connectivity index (χ4v) is 2.91. The molecule has 1 aromatic rings. The highest BCUT2D eigenvalue weighted by molar-refractivity contribution is 5.67. The van der Waals surface area contributed by atoms with Gasteiger partial charge in [-0.3, -0.25) is 4.79 Å². The third-order valence-electron chi connectivity index (χ3n) is 4.25. The summed E-state index contributed by atoms with van der Waals surface area (Å²) in [6.45, 7) is 4.15.